The second kappa shape index (κ2) is 9.19. The molecule has 0 saturated heterocycles. The molecule has 0 aliphatic heterocycles. The van der Waals surface area contributed by atoms with Gasteiger partial charge in [-0.3, -0.25) is 0 Å². The molecule has 0 aliphatic carbocycles. The van der Waals surface area contributed by atoms with Gasteiger partial charge in [0.1, 0.15) is 6.07 Å². The van der Waals surface area contributed by atoms with Crippen molar-refractivity contribution in [2.45, 2.75) is 0 Å². The van der Waals surface area contributed by atoms with Crippen LogP contribution in [0.5, 0.6) is 0 Å². The minimum absolute atomic E-state index is 0.0144. The molecule has 34 heavy (non-hydrogen) atoms. The Kier molecular flexibility index (Phi) is 4.38. The van der Waals surface area contributed by atoms with Gasteiger partial charge in [0.05, 0.1) is 29.3 Å². The monoisotopic (exact) mass is 463 g/mol. The lowest BCUT2D eigenvalue weighted by Crippen LogP contribution is -1.92. The van der Waals surface area contributed by atoms with Gasteiger partial charge in [-0.1, -0.05) is 90.9 Å². The summed E-state index contributed by atoms with van der Waals surface area (Å²) in [6, 6.07) is 22.9. The standard InChI is InChI=1S/C18H11ClN2.C11H8N2/c19-18-20-16(13-7-2-1-3-8-13)15-11-10-12-6-4-5-9-14(12)17(15)21-18;12-7-9-6-5-8-3-1-2-4-10(8)11(9)13/h1-11H;1-6H,13H2/i1D,2D,3D,7D,8D;. The topological polar surface area (TPSA) is 75.6 Å². The quantitative estimate of drug-likeness (QED) is 0.156. The fourth-order valence-electron chi connectivity index (χ4n) is 3.79. The highest BCUT2D eigenvalue weighted by Gasteiger charge is 2.11. The van der Waals surface area contributed by atoms with Gasteiger partial charge in [-0.05, 0) is 34.5 Å². The number of fused-ring (bicyclic) bond motifs is 4. The van der Waals surface area contributed by atoms with Gasteiger partial charge in [0, 0.05) is 21.7 Å². The Balaban J connectivity index is 0.000000198. The molecule has 0 bridgehead atoms. The summed E-state index contributed by atoms with van der Waals surface area (Å²) in [5, 5.41) is 13.1. The van der Waals surface area contributed by atoms with Crippen LogP contribution in [0.25, 0.3) is 43.7 Å². The summed E-state index contributed by atoms with van der Waals surface area (Å²) < 4.78 is 40.0. The van der Waals surface area contributed by atoms with Crippen molar-refractivity contribution in [3.8, 4) is 17.3 Å². The van der Waals surface area contributed by atoms with Gasteiger partial charge >= 0.3 is 0 Å². The number of nitriles is 1. The Bertz CT molecular complexity index is 1940. The summed E-state index contributed by atoms with van der Waals surface area (Å²) in [6.07, 6.45) is 0. The molecule has 0 spiro atoms. The van der Waals surface area contributed by atoms with Crippen LogP contribution < -0.4 is 5.73 Å². The first-order chi connectivity index (χ1) is 18.7. The highest BCUT2D eigenvalue weighted by Crippen LogP contribution is 2.31. The molecule has 1 heterocycles. The van der Waals surface area contributed by atoms with Crippen molar-refractivity contribution < 1.29 is 6.85 Å². The van der Waals surface area contributed by atoms with E-state index in [-0.39, 0.29) is 28.6 Å². The summed E-state index contributed by atoms with van der Waals surface area (Å²) in [5.74, 6) is 0. The number of hydrogen-bond donors (Lipinski definition) is 1. The lowest BCUT2D eigenvalue weighted by Gasteiger charge is -2.08. The largest absolute Gasteiger partial charge is 0.397 e. The van der Waals surface area contributed by atoms with Gasteiger partial charge in [-0.15, -0.1) is 0 Å². The molecule has 0 saturated carbocycles. The van der Waals surface area contributed by atoms with E-state index in [1.165, 1.54) is 0 Å². The maximum absolute atomic E-state index is 8.75. The Morgan fingerprint density at radius 2 is 1.41 bits per heavy atom. The van der Waals surface area contributed by atoms with E-state index in [2.05, 4.69) is 16.0 Å². The molecule has 0 amide bonds. The first kappa shape index (κ1) is 16.2. The highest BCUT2D eigenvalue weighted by atomic mass is 35.5. The molecule has 0 unspecified atom stereocenters. The number of aromatic nitrogens is 2. The summed E-state index contributed by atoms with van der Waals surface area (Å²) in [5.41, 5.74) is 7.73. The lowest BCUT2D eigenvalue weighted by atomic mass is 10.0. The van der Waals surface area contributed by atoms with Gasteiger partial charge in [0.15, 0.2) is 0 Å². The number of halogens is 1. The number of nitrogen functional groups attached to an aromatic ring is 1. The predicted octanol–water partition coefficient (Wildman–Crippen LogP) is 7.40. The molecule has 6 rings (SSSR count). The van der Waals surface area contributed by atoms with Crippen molar-refractivity contribution >= 4 is 49.7 Å². The van der Waals surface area contributed by atoms with Crippen molar-refractivity contribution in [3.63, 3.8) is 0 Å². The Morgan fingerprint density at radius 1 is 0.765 bits per heavy atom. The van der Waals surface area contributed by atoms with Crippen LogP contribution in [0.1, 0.15) is 12.4 Å². The zero-order valence-electron chi connectivity index (χ0n) is 22.7. The number of hydrogen-bond acceptors (Lipinski definition) is 4. The maximum atomic E-state index is 8.75. The third-order valence-corrected chi connectivity index (χ3v) is 5.56. The Labute approximate surface area is 208 Å². The van der Waals surface area contributed by atoms with Crippen LogP contribution in [-0.2, 0) is 0 Å². The Hall–Kier alpha value is -4.46. The van der Waals surface area contributed by atoms with Crippen LogP contribution in [0.15, 0.2) is 103 Å². The third kappa shape index (κ3) is 4.01. The fraction of sp³-hybridized carbons (Fsp3) is 0. The van der Waals surface area contributed by atoms with Crippen LogP contribution >= 0.6 is 11.6 Å². The number of anilines is 1. The molecule has 0 atom stereocenters. The zero-order chi connectivity index (χ0) is 27.8. The number of rotatable bonds is 1. The summed E-state index contributed by atoms with van der Waals surface area (Å²) in [6.45, 7) is 0. The molecule has 162 valence electrons. The predicted molar refractivity (Wildman–Crippen MR) is 141 cm³/mol. The average Bonchev–Trinajstić information content (AvgIpc) is 2.95. The summed E-state index contributed by atoms with van der Waals surface area (Å²) in [4.78, 5) is 8.51. The summed E-state index contributed by atoms with van der Waals surface area (Å²) >= 11 is 6.11. The second-order valence-corrected chi connectivity index (χ2v) is 7.72. The van der Waals surface area contributed by atoms with Gasteiger partial charge < -0.3 is 5.73 Å². The van der Waals surface area contributed by atoms with Crippen molar-refractivity contribution in [2.24, 2.45) is 0 Å². The number of nitrogens with two attached hydrogens (primary N) is 1. The van der Waals surface area contributed by atoms with E-state index in [9.17, 15) is 0 Å². The van der Waals surface area contributed by atoms with Crippen molar-refractivity contribution in [3.05, 3.63) is 114 Å². The molecule has 1 aromatic heterocycles. The van der Waals surface area contributed by atoms with Crippen LogP contribution in [0.3, 0.4) is 0 Å². The highest BCUT2D eigenvalue weighted by molar-refractivity contribution is 6.29. The SMILES string of the molecule is N#Cc1ccc2ccccc2c1N.[2H]c1c([2H])c([2H])c(-c2nc(Cl)nc3c2ccc2ccccc23)c([2H])c1[2H]. The number of nitrogens with zero attached hydrogens (tertiary/aromatic N) is 3. The minimum atomic E-state index is -0.446. The van der Waals surface area contributed by atoms with Gasteiger partial charge in [0.2, 0.25) is 5.28 Å². The smallest absolute Gasteiger partial charge is 0.223 e. The van der Waals surface area contributed by atoms with E-state index >= 15 is 0 Å². The minimum Gasteiger partial charge on any atom is -0.397 e. The molecule has 2 N–H and O–H groups in total. The van der Waals surface area contributed by atoms with Crippen LogP contribution in [0.4, 0.5) is 5.69 Å². The number of benzene rings is 5. The average molecular weight is 464 g/mol. The van der Waals surface area contributed by atoms with Crippen LogP contribution in [0.2, 0.25) is 5.28 Å². The van der Waals surface area contributed by atoms with Gasteiger partial charge in [-0.25, -0.2) is 9.97 Å². The second-order valence-electron chi connectivity index (χ2n) is 7.38. The maximum Gasteiger partial charge on any atom is 0.223 e. The third-order valence-electron chi connectivity index (χ3n) is 5.39. The first-order valence-corrected chi connectivity index (χ1v) is 10.7. The van der Waals surface area contributed by atoms with E-state index in [1.807, 2.05) is 60.7 Å². The van der Waals surface area contributed by atoms with E-state index in [0.29, 0.717) is 22.2 Å². The molecule has 0 fully saturated rings. The van der Waals surface area contributed by atoms with Crippen LogP contribution in [0, 0.1) is 11.3 Å². The molecule has 5 heteroatoms. The Morgan fingerprint density at radius 3 is 2.15 bits per heavy atom. The van der Waals surface area contributed by atoms with E-state index in [4.69, 9.17) is 29.5 Å². The molecule has 0 aliphatic rings. The molecular formula is C29H19ClN4. The van der Waals surface area contributed by atoms with E-state index in [0.717, 1.165) is 21.5 Å². The van der Waals surface area contributed by atoms with E-state index < -0.39 is 18.1 Å². The van der Waals surface area contributed by atoms with E-state index in [1.54, 1.807) is 12.1 Å². The van der Waals surface area contributed by atoms with Crippen molar-refractivity contribution in [2.75, 3.05) is 5.73 Å². The van der Waals surface area contributed by atoms with Crippen molar-refractivity contribution in [1.29, 1.82) is 5.26 Å². The molecule has 5 aromatic carbocycles. The lowest BCUT2D eigenvalue weighted by molar-refractivity contribution is 1.23. The molecule has 4 nitrogen and oxygen atoms in total. The molecule has 6 aromatic rings. The van der Waals surface area contributed by atoms with Crippen molar-refractivity contribution in [1.82, 2.24) is 9.97 Å². The fourth-order valence-corrected chi connectivity index (χ4v) is 3.96. The zero-order valence-corrected chi connectivity index (χ0v) is 18.5. The molecular weight excluding hydrogens is 440 g/mol. The van der Waals surface area contributed by atoms with Gasteiger partial charge in [0.25, 0.3) is 0 Å². The van der Waals surface area contributed by atoms with Crippen LogP contribution in [-0.4, -0.2) is 9.97 Å². The summed E-state index contributed by atoms with van der Waals surface area (Å²) in [7, 11) is 0. The molecule has 0 radical (unpaired) electrons. The normalized spacial score (nSPS) is 12.6. The van der Waals surface area contributed by atoms with Gasteiger partial charge in [-0.2, -0.15) is 5.26 Å². The first-order valence-electron chi connectivity index (χ1n) is 12.8.